The molecule has 0 radical (unpaired) electrons. The van der Waals surface area contributed by atoms with E-state index in [2.05, 4.69) is 39.7 Å². The fraction of sp³-hybridized carbons (Fsp3) is 0.208. The van der Waals surface area contributed by atoms with E-state index in [-0.39, 0.29) is 5.91 Å². The van der Waals surface area contributed by atoms with Crippen molar-refractivity contribution in [3.63, 3.8) is 0 Å². The molecule has 0 saturated carbocycles. The van der Waals surface area contributed by atoms with Gasteiger partial charge in [-0.25, -0.2) is 9.97 Å². The Hall–Kier alpha value is -2.90. The summed E-state index contributed by atoms with van der Waals surface area (Å²) in [5, 5.41) is 7.45. The summed E-state index contributed by atoms with van der Waals surface area (Å²) in [4.78, 5) is 24.6. The Kier molecular flexibility index (Phi) is 6.84. The molecule has 0 unspecified atom stereocenters. The number of carbonyl (C=O) groups is 1. The predicted octanol–water partition coefficient (Wildman–Crippen LogP) is 6.22. The Bertz CT molecular complexity index is 1190. The lowest BCUT2D eigenvalue weighted by Crippen LogP contribution is -2.13. The molecule has 0 aliphatic rings. The van der Waals surface area contributed by atoms with E-state index < -0.39 is 0 Å². The van der Waals surface area contributed by atoms with Crippen LogP contribution in [0.1, 0.15) is 17.7 Å². The zero-order chi connectivity index (χ0) is 21.6. The normalized spacial score (nSPS) is 10.9. The number of benzene rings is 2. The van der Waals surface area contributed by atoms with Crippen molar-refractivity contribution < 1.29 is 4.79 Å². The second kappa shape index (κ2) is 9.94. The van der Waals surface area contributed by atoms with Gasteiger partial charge in [-0.15, -0.1) is 23.1 Å². The van der Waals surface area contributed by atoms with E-state index in [9.17, 15) is 4.79 Å². The molecule has 2 aromatic carbocycles. The standard InChI is InChI=1S/C24H24N4OS2/c1-16-21(17-8-4-3-5-9-17)22-23(26-15-27-24(22)31-16)25-13-7-12-20(29)28-18-10-6-11-19(14-18)30-2/h3-6,8-11,14-15H,7,12-13H2,1-2H3,(H,28,29)(H,25,26,27). The van der Waals surface area contributed by atoms with Crippen LogP contribution in [0.5, 0.6) is 0 Å². The summed E-state index contributed by atoms with van der Waals surface area (Å²) < 4.78 is 0. The van der Waals surface area contributed by atoms with E-state index in [1.54, 1.807) is 29.4 Å². The highest BCUT2D eigenvalue weighted by atomic mass is 32.2. The van der Waals surface area contributed by atoms with E-state index in [0.717, 1.165) is 32.2 Å². The van der Waals surface area contributed by atoms with Crippen LogP contribution in [-0.4, -0.2) is 28.7 Å². The minimum absolute atomic E-state index is 0.0178. The molecule has 31 heavy (non-hydrogen) atoms. The monoisotopic (exact) mass is 448 g/mol. The highest BCUT2D eigenvalue weighted by molar-refractivity contribution is 7.98. The third-order valence-corrected chi connectivity index (χ3v) is 6.69. The zero-order valence-corrected chi connectivity index (χ0v) is 19.1. The van der Waals surface area contributed by atoms with Crippen molar-refractivity contribution >= 4 is 50.7 Å². The first-order chi connectivity index (χ1) is 15.2. The molecule has 7 heteroatoms. The number of aromatic nitrogens is 2. The first kappa shape index (κ1) is 21.3. The number of anilines is 2. The number of thioether (sulfide) groups is 1. The van der Waals surface area contributed by atoms with Gasteiger partial charge in [0.15, 0.2) is 0 Å². The molecule has 5 nitrogen and oxygen atoms in total. The molecule has 0 spiro atoms. The lowest BCUT2D eigenvalue weighted by atomic mass is 10.0. The lowest BCUT2D eigenvalue weighted by Gasteiger charge is -2.10. The van der Waals surface area contributed by atoms with Crippen molar-refractivity contribution in [3.8, 4) is 11.1 Å². The van der Waals surface area contributed by atoms with Crippen molar-refractivity contribution in [2.24, 2.45) is 0 Å². The molecular weight excluding hydrogens is 424 g/mol. The average molecular weight is 449 g/mol. The molecule has 158 valence electrons. The average Bonchev–Trinajstić information content (AvgIpc) is 3.14. The van der Waals surface area contributed by atoms with E-state index in [1.165, 1.54) is 10.4 Å². The maximum absolute atomic E-state index is 12.3. The van der Waals surface area contributed by atoms with Gasteiger partial charge < -0.3 is 10.6 Å². The van der Waals surface area contributed by atoms with E-state index in [4.69, 9.17) is 0 Å². The van der Waals surface area contributed by atoms with E-state index >= 15 is 0 Å². The van der Waals surface area contributed by atoms with Crippen LogP contribution >= 0.6 is 23.1 Å². The Morgan fingerprint density at radius 1 is 1.10 bits per heavy atom. The zero-order valence-electron chi connectivity index (χ0n) is 17.5. The van der Waals surface area contributed by atoms with E-state index in [1.807, 2.05) is 48.7 Å². The van der Waals surface area contributed by atoms with E-state index in [0.29, 0.717) is 19.4 Å². The van der Waals surface area contributed by atoms with Crippen LogP contribution in [0.4, 0.5) is 11.5 Å². The molecule has 2 heterocycles. The SMILES string of the molecule is CSc1cccc(NC(=O)CCCNc2ncnc3sc(C)c(-c4ccccc4)c23)c1. The maximum Gasteiger partial charge on any atom is 0.224 e. The van der Waals surface area contributed by atoms with Crippen molar-refractivity contribution in [3.05, 3.63) is 65.8 Å². The lowest BCUT2D eigenvalue weighted by molar-refractivity contribution is -0.116. The number of aryl methyl sites for hydroxylation is 1. The first-order valence-electron chi connectivity index (χ1n) is 10.1. The van der Waals surface area contributed by atoms with Gasteiger partial charge in [-0.2, -0.15) is 0 Å². The van der Waals surface area contributed by atoms with Crippen LogP contribution in [0, 0.1) is 6.92 Å². The van der Waals surface area contributed by atoms with Crippen LogP contribution in [0.15, 0.2) is 65.8 Å². The number of thiophene rings is 1. The van der Waals surface area contributed by atoms with Crippen molar-refractivity contribution in [1.29, 1.82) is 0 Å². The summed E-state index contributed by atoms with van der Waals surface area (Å²) in [6.45, 7) is 2.78. The predicted molar refractivity (Wildman–Crippen MR) is 132 cm³/mol. The number of nitrogens with zero attached hydrogens (tertiary/aromatic N) is 2. The Labute approximate surface area is 190 Å². The third kappa shape index (κ3) is 5.06. The number of rotatable bonds is 8. The Balaban J connectivity index is 1.41. The van der Waals surface area contributed by atoms with Crippen LogP contribution in [0.2, 0.25) is 0 Å². The molecule has 0 atom stereocenters. The highest BCUT2D eigenvalue weighted by Gasteiger charge is 2.16. The summed E-state index contributed by atoms with van der Waals surface area (Å²) in [5.41, 5.74) is 3.18. The molecule has 0 aliphatic carbocycles. The quantitative estimate of drug-likeness (QED) is 0.247. The van der Waals surface area contributed by atoms with Crippen LogP contribution in [0.25, 0.3) is 21.3 Å². The number of nitrogens with one attached hydrogen (secondary N) is 2. The second-order valence-corrected chi connectivity index (χ2v) is 9.20. The Morgan fingerprint density at radius 3 is 2.74 bits per heavy atom. The van der Waals surface area contributed by atoms with Crippen LogP contribution in [-0.2, 0) is 4.79 Å². The second-order valence-electron chi connectivity index (χ2n) is 7.11. The largest absolute Gasteiger partial charge is 0.369 e. The maximum atomic E-state index is 12.3. The summed E-state index contributed by atoms with van der Waals surface area (Å²) in [5.74, 6) is 0.838. The van der Waals surface area contributed by atoms with Crippen molar-refractivity contribution in [2.75, 3.05) is 23.4 Å². The van der Waals surface area contributed by atoms with Gasteiger partial charge in [0, 0.05) is 34.0 Å². The van der Waals surface area contributed by atoms with Gasteiger partial charge in [-0.05, 0) is 43.4 Å². The summed E-state index contributed by atoms with van der Waals surface area (Å²) in [6, 6.07) is 18.2. The van der Waals surface area contributed by atoms with Gasteiger partial charge in [-0.3, -0.25) is 4.79 Å². The molecule has 4 rings (SSSR count). The third-order valence-electron chi connectivity index (χ3n) is 4.95. The van der Waals surface area contributed by atoms with Gasteiger partial charge in [0.2, 0.25) is 5.91 Å². The number of hydrogen-bond acceptors (Lipinski definition) is 6. The highest BCUT2D eigenvalue weighted by Crippen LogP contribution is 2.40. The minimum Gasteiger partial charge on any atom is -0.369 e. The van der Waals surface area contributed by atoms with Gasteiger partial charge >= 0.3 is 0 Å². The molecule has 2 N–H and O–H groups in total. The van der Waals surface area contributed by atoms with Crippen LogP contribution in [0.3, 0.4) is 0 Å². The molecule has 0 saturated heterocycles. The first-order valence-corrected chi connectivity index (χ1v) is 12.2. The van der Waals surface area contributed by atoms with Gasteiger partial charge in [-0.1, -0.05) is 36.4 Å². The van der Waals surface area contributed by atoms with Gasteiger partial charge in [0.1, 0.15) is 17.0 Å². The Morgan fingerprint density at radius 2 is 1.94 bits per heavy atom. The number of hydrogen-bond donors (Lipinski definition) is 2. The molecule has 0 fully saturated rings. The molecular formula is C24H24N4OS2. The number of carbonyl (C=O) groups excluding carboxylic acids is 1. The number of fused-ring (bicyclic) bond motifs is 1. The van der Waals surface area contributed by atoms with Crippen molar-refractivity contribution in [1.82, 2.24) is 9.97 Å². The summed E-state index contributed by atoms with van der Waals surface area (Å²) >= 11 is 3.34. The summed E-state index contributed by atoms with van der Waals surface area (Å²) in [6.07, 6.45) is 4.78. The topological polar surface area (TPSA) is 66.9 Å². The smallest absolute Gasteiger partial charge is 0.224 e. The molecule has 0 aliphatic heterocycles. The molecule has 1 amide bonds. The molecule has 4 aromatic rings. The van der Waals surface area contributed by atoms with Gasteiger partial charge in [0.25, 0.3) is 0 Å². The molecule has 2 aromatic heterocycles. The minimum atomic E-state index is 0.0178. The number of amides is 1. The van der Waals surface area contributed by atoms with Gasteiger partial charge in [0.05, 0.1) is 5.39 Å². The molecule has 0 bridgehead atoms. The fourth-order valence-electron chi connectivity index (χ4n) is 3.51. The van der Waals surface area contributed by atoms with Crippen molar-refractivity contribution in [2.45, 2.75) is 24.7 Å². The fourth-order valence-corrected chi connectivity index (χ4v) is 4.98. The summed E-state index contributed by atoms with van der Waals surface area (Å²) in [7, 11) is 0. The van der Waals surface area contributed by atoms with Crippen LogP contribution < -0.4 is 10.6 Å².